The molecule has 1 aliphatic rings. The lowest BCUT2D eigenvalue weighted by Crippen LogP contribution is -2.37. The maximum Gasteiger partial charge on any atom is 0.277 e. The normalized spacial score (nSPS) is 16.7. The Bertz CT molecular complexity index is 699. The van der Waals surface area contributed by atoms with Gasteiger partial charge in [0.15, 0.2) is 0 Å². The van der Waals surface area contributed by atoms with E-state index in [-0.39, 0.29) is 11.2 Å². The molecule has 1 amide bonds. The highest BCUT2D eigenvalue weighted by molar-refractivity contribution is 9.10. The monoisotopic (exact) mass is 409 g/mol. The van der Waals surface area contributed by atoms with Gasteiger partial charge < -0.3 is 9.32 Å². The van der Waals surface area contributed by atoms with Gasteiger partial charge in [0.05, 0.1) is 10.8 Å². The predicted molar refractivity (Wildman–Crippen MR) is 97.8 cm³/mol. The summed E-state index contributed by atoms with van der Waals surface area (Å²) < 4.78 is 6.63. The second kappa shape index (κ2) is 8.16. The molecule has 0 saturated carbocycles. The second-order valence-electron chi connectivity index (χ2n) is 5.85. The van der Waals surface area contributed by atoms with Crippen molar-refractivity contribution in [1.29, 1.82) is 0 Å². The Hall–Kier alpha value is -1.34. The number of thioether (sulfide) groups is 1. The van der Waals surface area contributed by atoms with Gasteiger partial charge in [-0.3, -0.25) is 4.79 Å². The Morgan fingerprint density at radius 1 is 1.21 bits per heavy atom. The van der Waals surface area contributed by atoms with Crippen LogP contribution < -0.4 is 0 Å². The number of halogens is 1. The van der Waals surface area contributed by atoms with E-state index in [1.807, 2.05) is 36.1 Å². The summed E-state index contributed by atoms with van der Waals surface area (Å²) in [5.41, 5.74) is 0.850. The zero-order chi connectivity index (χ0) is 16.9. The third-order valence-electron chi connectivity index (χ3n) is 4.05. The van der Waals surface area contributed by atoms with Crippen LogP contribution in [0.1, 0.15) is 32.6 Å². The zero-order valence-corrected chi connectivity index (χ0v) is 16.0. The molecule has 1 saturated heterocycles. The number of benzene rings is 1. The van der Waals surface area contributed by atoms with E-state index in [1.54, 1.807) is 0 Å². The van der Waals surface area contributed by atoms with Crippen LogP contribution in [0.2, 0.25) is 0 Å². The van der Waals surface area contributed by atoms with Gasteiger partial charge in [0, 0.05) is 17.6 Å². The van der Waals surface area contributed by atoms with Crippen LogP contribution in [-0.4, -0.2) is 39.3 Å². The molecule has 7 heteroatoms. The summed E-state index contributed by atoms with van der Waals surface area (Å²) >= 11 is 4.81. The van der Waals surface area contributed by atoms with E-state index in [0.29, 0.717) is 11.1 Å². The van der Waals surface area contributed by atoms with Gasteiger partial charge >= 0.3 is 0 Å². The van der Waals surface area contributed by atoms with Crippen molar-refractivity contribution in [3.05, 3.63) is 28.7 Å². The van der Waals surface area contributed by atoms with Crippen LogP contribution in [0, 0.1) is 0 Å². The summed E-state index contributed by atoms with van der Waals surface area (Å²) in [5, 5.41) is 8.37. The molecule has 2 heterocycles. The Kier molecular flexibility index (Phi) is 5.94. The lowest BCUT2D eigenvalue weighted by atomic mass is 10.2. The molecule has 0 radical (unpaired) electrons. The molecule has 1 fully saturated rings. The van der Waals surface area contributed by atoms with Gasteiger partial charge in [-0.1, -0.05) is 36.7 Å². The van der Waals surface area contributed by atoms with E-state index in [0.717, 1.165) is 36.0 Å². The van der Waals surface area contributed by atoms with Crippen molar-refractivity contribution in [2.45, 2.75) is 43.1 Å². The lowest BCUT2D eigenvalue weighted by molar-refractivity contribution is -0.130. The van der Waals surface area contributed by atoms with E-state index in [1.165, 1.54) is 24.6 Å². The van der Waals surface area contributed by atoms with Gasteiger partial charge in [-0.05, 0) is 47.8 Å². The molecule has 2 aromatic rings. The molecule has 1 aromatic carbocycles. The molecular formula is C17H20BrN3O2S. The maximum absolute atomic E-state index is 12.6. The Morgan fingerprint density at radius 3 is 2.62 bits per heavy atom. The lowest BCUT2D eigenvalue weighted by Gasteiger charge is -2.23. The molecule has 1 atom stereocenters. The van der Waals surface area contributed by atoms with Gasteiger partial charge in [-0.15, -0.1) is 10.2 Å². The fourth-order valence-electron chi connectivity index (χ4n) is 2.75. The van der Waals surface area contributed by atoms with E-state index in [2.05, 4.69) is 26.1 Å². The summed E-state index contributed by atoms with van der Waals surface area (Å²) in [6.45, 7) is 3.62. The third-order valence-corrected chi connectivity index (χ3v) is 5.67. The largest absolute Gasteiger partial charge is 0.411 e. The van der Waals surface area contributed by atoms with Crippen molar-refractivity contribution in [2.24, 2.45) is 0 Å². The highest BCUT2D eigenvalue weighted by Gasteiger charge is 2.24. The molecule has 3 rings (SSSR count). The Labute approximate surface area is 154 Å². The molecule has 0 N–H and O–H groups in total. The van der Waals surface area contributed by atoms with Crippen LogP contribution in [0.4, 0.5) is 0 Å². The number of amides is 1. The molecule has 1 aliphatic heterocycles. The molecule has 5 nitrogen and oxygen atoms in total. The van der Waals surface area contributed by atoms with Gasteiger partial charge in [-0.2, -0.15) is 0 Å². The van der Waals surface area contributed by atoms with Crippen molar-refractivity contribution in [3.8, 4) is 11.5 Å². The maximum atomic E-state index is 12.6. The molecule has 0 aliphatic carbocycles. The van der Waals surface area contributed by atoms with Crippen LogP contribution in [0.5, 0.6) is 0 Å². The van der Waals surface area contributed by atoms with Crippen LogP contribution in [0.25, 0.3) is 11.5 Å². The van der Waals surface area contributed by atoms with Crippen molar-refractivity contribution in [1.82, 2.24) is 15.1 Å². The highest BCUT2D eigenvalue weighted by Crippen LogP contribution is 2.30. The first-order valence-corrected chi connectivity index (χ1v) is 9.86. The molecule has 1 aromatic heterocycles. The first kappa shape index (κ1) is 17.5. The van der Waals surface area contributed by atoms with Gasteiger partial charge in [0.25, 0.3) is 5.22 Å². The minimum absolute atomic E-state index is 0.155. The molecule has 0 bridgehead atoms. The van der Waals surface area contributed by atoms with E-state index in [4.69, 9.17) is 4.42 Å². The van der Waals surface area contributed by atoms with E-state index >= 15 is 0 Å². The minimum atomic E-state index is -0.226. The number of nitrogens with zero attached hydrogens (tertiary/aromatic N) is 3. The molecule has 0 unspecified atom stereocenters. The first-order valence-electron chi connectivity index (χ1n) is 8.19. The minimum Gasteiger partial charge on any atom is -0.411 e. The second-order valence-corrected chi connectivity index (χ2v) is 8.00. The Morgan fingerprint density at radius 2 is 1.92 bits per heavy atom. The molecule has 24 heavy (non-hydrogen) atoms. The standard InChI is InChI=1S/C17H20BrN3O2S/c1-12(16(22)21-10-6-2-3-7-11-21)24-17-20-19-15(23-17)13-8-4-5-9-14(13)18/h4-5,8-9,12H,2-3,6-7,10-11H2,1H3/t12-/m0/s1. The number of hydrogen-bond acceptors (Lipinski definition) is 5. The van der Waals surface area contributed by atoms with Crippen molar-refractivity contribution >= 4 is 33.6 Å². The topological polar surface area (TPSA) is 59.2 Å². The number of carbonyl (C=O) groups is 1. The average Bonchev–Trinajstić information content (AvgIpc) is 2.87. The summed E-state index contributed by atoms with van der Waals surface area (Å²) in [6, 6.07) is 7.69. The number of hydrogen-bond donors (Lipinski definition) is 0. The van der Waals surface area contributed by atoms with Crippen molar-refractivity contribution in [2.75, 3.05) is 13.1 Å². The van der Waals surface area contributed by atoms with Gasteiger partial charge in [0.1, 0.15) is 0 Å². The predicted octanol–water partition coefficient (Wildman–Crippen LogP) is 4.38. The van der Waals surface area contributed by atoms with E-state index < -0.39 is 0 Å². The number of rotatable bonds is 4. The van der Waals surface area contributed by atoms with Gasteiger partial charge in [-0.25, -0.2) is 0 Å². The van der Waals surface area contributed by atoms with Gasteiger partial charge in [0.2, 0.25) is 11.8 Å². The van der Waals surface area contributed by atoms with Crippen LogP contribution >= 0.6 is 27.7 Å². The molecule has 128 valence electrons. The number of likely N-dealkylation sites (tertiary alicyclic amines) is 1. The molecular weight excluding hydrogens is 390 g/mol. The van der Waals surface area contributed by atoms with E-state index in [9.17, 15) is 4.79 Å². The summed E-state index contributed by atoms with van der Waals surface area (Å²) in [7, 11) is 0. The number of carbonyl (C=O) groups excluding carboxylic acids is 1. The summed E-state index contributed by atoms with van der Waals surface area (Å²) in [6.07, 6.45) is 4.61. The van der Waals surface area contributed by atoms with Crippen LogP contribution in [0.3, 0.4) is 0 Å². The molecule has 0 spiro atoms. The fourth-order valence-corrected chi connectivity index (χ4v) is 3.97. The van der Waals surface area contributed by atoms with Crippen LogP contribution in [0.15, 0.2) is 38.4 Å². The third kappa shape index (κ3) is 4.19. The summed E-state index contributed by atoms with van der Waals surface area (Å²) in [5.74, 6) is 0.613. The summed E-state index contributed by atoms with van der Waals surface area (Å²) in [4.78, 5) is 14.6. The quantitative estimate of drug-likeness (QED) is 0.700. The Balaban J connectivity index is 1.65. The smallest absolute Gasteiger partial charge is 0.277 e. The van der Waals surface area contributed by atoms with Crippen molar-refractivity contribution < 1.29 is 9.21 Å². The highest BCUT2D eigenvalue weighted by atomic mass is 79.9. The zero-order valence-electron chi connectivity index (χ0n) is 13.6. The fraction of sp³-hybridized carbons (Fsp3) is 0.471. The SMILES string of the molecule is C[C@H](Sc1nnc(-c2ccccc2Br)o1)C(=O)N1CCCCCC1. The average molecular weight is 410 g/mol. The number of aromatic nitrogens is 2. The van der Waals surface area contributed by atoms with Crippen molar-refractivity contribution in [3.63, 3.8) is 0 Å². The van der Waals surface area contributed by atoms with Crippen LogP contribution in [-0.2, 0) is 4.79 Å². The first-order chi connectivity index (χ1) is 11.6.